The number of nitrogens with one attached hydrogen (secondary N) is 1. The lowest BCUT2D eigenvalue weighted by atomic mass is 10.1. The lowest BCUT2D eigenvalue weighted by Crippen LogP contribution is -2.21. The van der Waals surface area contributed by atoms with Crippen molar-refractivity contribution in [1.29, 1.82) is 0 Å². The molecule has 0 saturated carbocycles. The van der Waals surface area contributed by atoms with E-state index in [9.17, 15) is 22.8 Å². The van der Waals surface area contributed by atoms with Gasteiger partial charge in [-0.3, -0.25) is 9.36 Å². The van der Waals surface area contributed by atoms with E-state index in [2.05, 4.69) is 15.3 Å². The van der Waals surface area contributed by atoms with Crippen molar-refractivity contribution < 1.29 is 18.0 Å². The molecule has 0 aliphatic carbocycles. The molecule has 0 saturated heterocycles. The fourth-order valence-corrected chi connectivity index (χ4v) is 3.50. The van der Waals surface area contributed by atoms with Gasteiger partial charge >= 0.3 is 0 Å². The van der Waals surface area contributed by atoms with E-state index in [1.54, 1.807) is 0 Å². The van der Waals surface area contributed by atoms with Gasteiger partial charge in [0, 0.05) is 30.0 Å². The number of hydrogen-bond donors (Lipinski definition) is 1. The molecule has 2 heterocycles. The SMILES string of the molecule is O=CCCNc1nc(-c2ccc(F)cc2Cl)c2ccc(=O)n(-c3c(F)cccc3F)c2n1. The zero-order chi connectivity index (χ0) is 22.8. The van der Waals surface area contributed by atoms with Crippen molar-refractivity contribution in [3.05, 3.63) is 81.4 Å². The number of nitrogens with zero attached hydrogens (tertiary/aromatic N) is 3. The van der Waals surface area contributed by atoms with Gasteiger partial charge in [-0.05, 0) is 36.4 Å². The number of hydrogen-bond acceptors (Lipinski definition) is 5. The summed E-state index contributed by atoms with van der Waals surface area (Å²) in [6.45, 7) is 0.177. The van der Waals surface area contributed by atoms with Crippen LogP contribution in [0.3, 0.4) is 0 Å². The Morgan fingerprint density at radius 1 is 1.03 bits per heavy atom. The van der Waals surface area contributed by atoms with Crippen molar-refractivity contribution in [3.63, 3.8) is 0 Å². The largest absolute Gasteiger partial charge is 0.354 e. The van der Waals surface area contributed by atoms with Crippen LogP contribution in [0.2, 0.25) is 5.02 Å². The van der Waals surface area contributed by atoms with Crippen LogP contribution in [-0.2, 0) is 4.79 Å². The van der Waals surface area contributed by atoms with E-state index in [0.717, 1.165) is 28.8 Å². The number of carbonyl (C=O) groups is 1. The molecule has 2 aromatic heterocycles. The minimum absolute atomic E-state index is 0.00848. The first-order valence-electron chi connectivity index (χ1n) is 9.42. The van der Waals surface area contributed by atoms with E-state index in [1.807, 2.05) is 0 Å². The van der Waals surface area contributed by atoms with Gasteiger partial charge in [-0.1, -0.05) is 17.7 Å². The van der Waals surface area contributed by atoms with Crippen LogP contribution in [0.15, 0.2) is 53.3 Å². The third-order valence-corrected chi connectivity index (χ3v) is 4.96. The van der Waals surface area contributed by atoms with Gasteiger partial charge in [0.15, 0.2) is 5.65 Å². The molecule has 2 aromatic carbocycles. The highest BCUT2D eigenvalue weighted by Gasteiger charge is 2.20. The van der Waals surface area contributed by atoms with Crippen LogP contribution in [0.1, 0.15) is 6.42 Å². The Kier molecular flexibility index (Phi) is 5.91. The molecule has 4 aromatic rings. The summed E-state index contributed by atoms with van der Waals surface area (Å²) in [6.07, 6.45) is 0.841. The third kappa shape index (κ3) is 3.94. The zero-order valence-corrected chi connectivity index (χ0v) is 17.0. The van der Waals surface area contributed by atoms with E-state index in [-0.39, 0.29) is 40.7 Å². The third-order valence-electron chi connectivity index (χ3n) is 4.64. The number of rotatable bonds is 6. The van der Waals surface area contributed by atoms with Crippen LogP contribution in [0, 0.1) is 17.5 Å². The molecule has 0 fully saturated rings. The van der Waals surface area contributed by atoms with E-state index in [0.29, 0.717) is 11.8 Å². The number of aldehydes is 1. The van der Waals surface area contributed by atoms with Crippen molar-refractivity contribution in [2.24, 2.45) is 0 Å². The van der Waals surface area contributed by atoms with E-state index >= 15 is 0 Å². The average molecular weight is 459 g/mol. The summed E-state index contributed by atoms with van der Waals surface area (Å²) >= 11 is 6.23. The summed E-state index contributed by atoms with van der Waals surface area (Å²) in [7, 11) is 0. The standard InChI is InChI=1S/C22H14ClF3N4O2/c23-15-11-12(24)5-6-13(15)19-14-7-8-18(32)30(20-16(25)3-1-4-17(20)26)21(14)29-22(28-19)27-9-2-10-31/h1,3-8,10-11H,2,9H2,(H,27,28,29). The minimum Gasteiger partial charge on any atom is -0.354 e. The van der Waals surface area contributed by atoms with E-state index < -0.39 is 28.7 Å². The summed E-state index contributed by atoms with van der Waals surface area (Å²) in [5, 5.41) is 3.12. The fourth-order valence-electron chi connectivity index (χ4n) is 3.24. The van der Waals surface area contributed by atoms with Gasteiger partial charge in [0.1, 0.15) is 29.4 Å². The first kappa shape index (κ1) is 21.5. The maximum absolute atomic E-state index is 14.6. The number of aromatic nitrogens is 3. The Bertz CT molecular complexity index is 1390. The Morgan fingerprint density at radius 3 is 2.47 bits per heavy atom. The molecular weight excluding hydrogens is 445 g/mol. The maximum atomic E-state index is 14.6. The molecule has 0 spiro atoms. The topological polar surface area (TPSA) is 76.9 Å². The Hall–Kier alpha value is -3.72. The first-order chi connectivity index (χ1) is 15.4. The molecule has 0 aliphatic rings. The van der Waals surface area contributed by atoms with Gasteiger partial charge in [-0.2, -0.15) is 4.98 Å². The number of pyridine rings is 1. The Labute approximate surface area is 184 Å². The van der Waals surface area contributed by atoms with Gasteiger partial charge in [0.05, 0.1) is 10.7 Å². The zero-order valence-electron chi connectivity index (χ0n) is 16.3. The van der Waals surface area contributed by atoms with Gasteiger partial charge in [-0.25, -0.2) is 18.2 Å². The van der Waals surface area contributed by atoms with Gasteiger partial charge < -0.3 is 10.1 Å². The smallest absolute Gasteiger partial charge is 0.256 e. The molecule has 0 radical (unpaired) electrons. The van der Waals surface area contributed by atoms with E-state index in [1.165, 1.54) is 24.3 Å². The lowest BCUT2D eigenvalue weighted by molar-refractivity contribution is -0.107. The highest BCUT2D eigenvalue weighted by atomic mass is 35.5. The van der Waals surface area contributed by atoms with E-state index in [4.69, 9.17) is 11.6 Å². The minimum atomic E-state index is -0.963. The van der Waals surface area contributed by atoms with Crippen LogP contribution in [0.4, 0.5) is 19.1 Å². The second-order valence-corrected chi connectivity index (χ2v) is 7.12. The molecule has 0 amide bonds. The molecule has 0 aliphatic heterocycles. The summed E-state index contributed by atoms with van der Waals surface area (Å²) in [5.74, 6) is -2.50. The summed E-state index contributed by atoms with van der Waals surface area (Å²) in [5.41, 5.74) is -0.898. The number of benzene rings is 2. The molecule has 4 rings (SSSR count). The van der Waals surface area contributed by atoms with Gasteiger partial charge in [0.2, 0.25) is 5.95 Å². The average Bonchev–Trinajstić information content (AvgIpc) is 2.75. The first-order valence-corrected chi connectivity index (χ1v) is 9.79. The maximum Gasteiger partial charge on any atom is 0.256 e. The molecular formula is C22H14ClF3N4O2. The molecule has 0 bridgehead atoms. The number of fused-ring (bicyclic) bond motifs is 1. The molecule has 6 nitrogen and oxygen atoms in total. The monoisotopic (exact) mass is 458 g/mol. The van der Waals surface area contributed by atoms with Crippen molar-refractivity contribution in [2.45, 2.75) is 6.42 Å². The highest BCUT2D eigenvalue weighted by molar-refractivity contribution is 6.33. The van der Waals surface area contributed by atoms with Crippen LogP contribution in [0.25, 0.3) is 28.0 Å². The normalized spacial score (nSPS) is 11.0. The molecule has 32 heavy (non-hydrogen) atoms. The van der Waals surface area contributed by atoms with Gasteiger partial charge in [-0.15, -0.1) is 0 Å². The van der Waals surface area contributed by atoms with Crippen LogP contribution in [-0.4, -0.2) is 27.4 Å². The predicted octanol–water partition coefficient (Wildman–Crippen LogP) is 4.52. The molecule has 0 atom stereocenters. The van der Waals surface area contributed by atoms with Crippen molar-refractivity contribution >= 4 is 34.9 Å². The lowest BCUT2D eigenvalue weighted by Gasteiger charge is -2.15. The number of para-hydroxylation sites is 1. The highest BCUT2D eigenvalue weighted by Crippen LogP contribution is 2.33. The fraction of sp³-hybridized carbons (Fsp3) is 0.0909. The van der Waals surface area contributed by atoms with Crippen molar-refractivity contribution in [1.82, 2.24) is 14.5 Å². The molecule has 1 N–H and O–H groups in total. The van der Waals surface area contributed by atoms with Crippen LogP contribution >= 0.6 is 11.6 Å². The summed E-state index contributed by atoms with van der Waals surface area (Å²) in [4.78, 5) is 32.0. The molecule has 0 unspecified atom stereocenters. The van der Waals surface area contributed by atoms with Gasteiger partial charge in [0.25, 0.3) is 5.56 Å². The van der Waals surface area contributed by atoms with Crippen molar-refractivity contribution in [2.75, 3.05) is 11.9 Å². The van der Waals surface area contributed by atoms with Crippen molar-refractivity contribution in [3.8, 4) is 16.9 Å². The Balaban J connectivity index is 2.08. The van der Waals surface area contributed by atoms with Crippen LogP contribution < -0.4 is 10.9 Å². The molecule has 162 valence electrons. The number of carbonyl (C=O) groups excluding carboxylic acids is 1. The quantitative estimate of drug-likeness (QED) is 0.339. The van der Waals surface area contributed by atoms with Crippen LogP contribution in [0.5, 0.6) is 0 Å². The summed E-state index contributed by atoms with van der Waals surface area (Å²) < 4.78 is 43.5. The Morgan fingerprint density at radius 2 is 1.78 bits per heavy atom. The number of anilines is 1. The second kappa shape index (κ2) is 8.80. The molecule has 10 heteroatoms. The number of halogens is 4. The predicted molar refractivity (Wildman–Crippen MR) is 115 cm³/mol. The summed E-state index contributed by atoms with van der Waals surface area (Å²) in [6, 6.07) is 9.41. The second-order valence-electron chi connectivity index (χ2n) is 6.72.